The van der Waals surface area contributed by atoms with Gasteiger partial charge in [0.25, 0.3) is 0 Å². The number of aromatic nitrogens is 2. The summed E-state index contributed by atoms with van der Waals surface area (Å²) in [6, 6.07) is 0. The van der Waals surface area contributed by atoms with Crippen molar-refractivity contribution in [1.82, 2.24) is 14.9 Å². The second-order valence-corrected chi connectivity index (χ2v) is 3.06. The molecular formula is C8H10N4O. The van der Waals surface area contributed by atoms with Crippen LogP contribution in [0.3, 0.4) is 0 Å². The van der Waals surface area contributed by atoms with Crippen LogP contribution < -0.4 is 5.73 Å². The third-order valence-corrected chi connectivity index (χ3v) is 2.20. The van der Waals surface area contributed by atoms with Crippen LogP contribution in [-0.4, -0.2) is 20.8 Å². The van der Waals surface area contributed by atoms with Gasteiger partial charge in [0, 0.05) is 12.5 Å². The molecule has 0 spiro atoms. The summed E-state index contributed by atoms with van der Waals surface area (Å²) in [5.74, 6) is 0.520. The van der Waals surface area contributed by atoms with Crippen LogP contribution in [0.25, 0.3) is 0 Å². The molecule has 1 aromatic rings. The fourth-order valence-corrected chi connectivity index (χ4v) is 1.42. The minimum absolute atomic E-state index is 0.0393. The van der Waals surface area contributed by atoms with E-state index in [0.717, 1.165) is 11.3 Å². The van der Waals surface area contributed by atoms with Crippen molar-refractivity contribution < 1.29 is 4.79 Å². The van der Waals surface area contributed by atoms with E-state index in [4.69, 9.17) is 5.73 Å². The van der Waals surface area contributed by atoms with Crippen LogP contribution >= 0.6 is 0 Å². The predicted octanol–water partition coefficient (Wildman–Crippen LogP) is -0.0791. The molecule has 0 aromatic carbocycles. The smallest absolute Gasteiger partial charge is 0.220 e. The molecule has 5 nitrogen and oxygen atoms in total. The van der Waals surface area contributed by atoms with E-state index in [1.807, 2.05) is 0 Å². The molecular weight excluding hydrogens is 168 g/mol. The van der Waals surface area contributed by atoms with Gasteiger partial charge in [-0.2, -0.15) is 0 Å². The van der Waals surface area contributed by atoms with E-state index in [-0.39, 0.29) is 5.91 Å². The molecule has 2 rings (SSSR count). The van der Waals surface area contributed by atoms with Gasteiger partial charge in [0.2, 0.25) is 5.91 Å². The Hall–Kier alpha value is -1.65. The Kier molecular flexibility index (Phi) is 1.65. The van der Waals surface area contributed by atoms with Crippen LogP contribution in [-0.2, 0) is 17.9 Å². The molecule has 0 saturated carbocycles. The molecule has 0 unspecified atom stereocenters. The monoisotopic (exact) mass is 178 g/mol. The molecule has 0 saturated heterocycles. The summed E-state index contributed by atoms with van der Waals surface area (Å²) >= 11 is 0. The van der Waals surface area contributed by atoms with Crippen molar-refractivity contribution in [2.75, 3.05) is 5.73 Å². The Morgan fingerprint density at radius 3 is 2.92 bits per heavy atom. The first-order valence-electron chi connectivity index (χ1n) is 4.02. The van der Waals surface area contributed by atoms with Crippen LogP contribution in [0, 0.1) is 0 Å². The number of rotatable bonds is 0. The molecule has 1 aromatic heterocycles. The zero-order chi connectivity index (χ0) is 9.42. The summed E-state index contributed by atoms with van der Waals surface area (Å²) < 4.78 is 0. The normalized spacial score (nSPS) is 14.4. The number of anilines is 1. The lowest BCUT2D eigenvalue weighted by molar-refractivity contribution is -0.129. The predicted molar refractivity (Wildman–Crippen MR) is 46.4 cm³/mol. The maximum absolute atomic E-state index is 11.1. The SMILES string of the molecule is CC(=O)N1Cc2ncnc(N)c2C1. The highest BCUT2D eigenvalue weighted by Crippen LogP contribution is 2.23. The Labute approximate surface area is 75.6 Å². The number of fused-ring (bicyclic) bond motifs is 1. The van der Waals surface area contributed by atoms with Crippen molar-refractivity contribution in [3.05, 3.63) is 17.6 Å². The zero-order valence-electron chi connectivity index (χ0n) is 7.32. The Bertz CT molecular complexity index is 363. The van der Waals surface area contributed by atoms with E-state index in [0.29, 0.717) is 18.9 Å². The zero-order valence-corrected chi connectivity index (χ0v) is 7.32. The number of carbonyl (C=O) groups excluding carboxylic acids is 1. The third-order valence-electron chi connectivity index (χ3n) is 2.20. The first kappa shape index (κ1) is 7.97. The Morgan fingerprint density at radius 2 is 2.31 bits per heavy atom. The topological polar surface area (TPSA) is 72.1 Å². The van der Waals surface area contributed by atoms with Gasteiger partial charge in [0.05, 0.1) is 18.8 Å². The van der Waals surface area contributed by atoms with Gasteiger partial charge < -0.3 is 10.6 Å². The minimum atomic E-state index is 0.0393. The molecule has 0 atom stereocenters. The van der Waals surface area contributed by atoms with E-state index in [9.17, 15) is 4.79 Å². The second-order valence-electron chi connectivity index (χ2n) is 3.06. The van der Waals surface area contributed by atoms with E-state index in [1.165, 1.54) is 13.3 Å². The largest absolute Gasteiger partial charge is 0.383 e. The van der Waals surface area contributed by atoms with Crippen LogP contribution in [0.15, 0.2) is 6.33 Å². The van der Waals surface area contributed by atoms with Gasteiger partial charge in [0.1, 0.15) is 12.1 Å². The molecule has 13 heavy (non-hydrogen) atoms. The maximum atomic E-state index is 11.1. The number of nitrogen functional groups attached to an aromatic ring is 1. The number of carbonyl (C=O) groups is 1. The molecule has 0 fully saturated rings. The summed E-state index contributed by atoms with van der Waals surface area (Å²) in [6.07, 6.45) is 1.43. The van der Waals surface area contributed by atoms with Crippen molar-refractivity contribution in [3.8, 4) is 0 Å². The molecule has 2 N–H and O–H groups in total. The average Bonchev–Trinajstić information content (AvgIpc) is 2.49. The Balaban J connectivity index is 2.35. The second kappa shape index (κ2) is 2.69. The van der Waals surface area contributed by atoms with Crippen molar-refractivity contribution in [1.29, 1.82) is 0 Å². The molecule has 1 aliphatic rings. The van der Waals surface area contributed by atoms with Gasteiger partial charge in [-0.3, -0.25) is 4.79 Å². The van der Waals surface area contributed by atoms with E-state index < -0.39 is 0 Å². The number of hydrogen-bond donors (Lipinski definition) is 1. The van der Waals surface area contributed by atoms with Crippen LogP contribution in [0.5, 0.6) is 0 Å². The van der Waals surface area contributed by atoms with Gasteiger partial charge in [-0.15, -0.1) is 0 Å². The highest BCUT2D eigenvalue weighted by molar-refractivity contribution is 5.74. The highest BCUT2D eigenvalue weighted by atomic mass is 16.2. The lowest BCUT2D eigenvalue weighted by atomic mass is 10.2. The minimum Gasteiger partial charge on any atom is -0.383 e. The molecule has 2 heterocycles. The summed E-state index contributed by atoms with van der Waals surface area (Å²) in [5, 5.41) is 0. The van der Waals surface area contributed by atoms with Crippen LogP contribution in [0.1, 0.15) is 18.2 Å². The fourth-order valence-electron chi connectivity index (χ4n) is 1.42. The number of nitrogens with zero attached hydrogens (tertiary/aromatic N) is 3. The van der Waals surface area contributed by atoms with Crippen LogP contribution in [0.4, 0.5) is 5.82 Å². The van der Waals surface area contributed by atoms with E-state index >= 15 is 0 Å². The lowest BCUT2D eigenvalue weighted by Crippen LogP contribution is -2.21. The third kappa shape index (κ3) is 1.22. The molecule has 0 radical (unpaired) electrons. The first-order chi connectivity index (χ1) is 6.18. The summed E-state index contributed by atoms with van der Waals surface area (Å²) in [6.45, 7) is 2.63. The number of nitrogens with two attached hydrogens (primary N) is 1. The van der Waals surface area contributed by atoms with Gasteiger partial charge >= 0.3 is 0 Å². The number of hydrogen-bond acceptors (Lipinski definition) is 4. The summed E-state index contributed by atoms with van der Waals surface area (Å²) in [7, 11) is 0. The maximum Gasteiger partial charge on any atom is 0.220 e. The Morgan fingerprint density at radius 1 is 1.54 bits per heavy atom. The van der Waals surface area contributed by atoms with Gasteiger partial charge in [-0.25, -0.2) is 9.97 Å². The highest BCUT2D eigenvalue weighted by Gasteiger charge is 2.24. The molecule has 1 amide bonds. The summed E-state index contributed by atoms with van der Waals surface area (Å²) in [4.78, 5) is 20.7. The fraction of sp³-hybridized carbons (Fsp3) is 0.375. The first-order valence-corrected chi connectivity index (χ1v) is 4.02. The van der Waals surface area contributed by atoms with Gasteiger partial charge in [0.15, 0.2) is 0 Å². The quantitative estimate of drug-likeness (QED) is 0.603. The lowest BCUT2D eigenvalue weighted by Gasteiger charge is -2.10. The van der Waals surface area contributed by atoms with Gasteiger partial charge in [-0.1, -0.05) is 0 Å². The van der Waals surface area contributed by atoms with E-state index in [1.54, 1.807) is 4.90 Å². The van der Waals surface area contributed by atoms with Crippen molar-refractivity contribution in [2.24, 2.45) is 0 Å². The molecule has 0 bridgehead atoms. The van der Waals surface area contributed by atoms with Crippen molar-refractivity contribution in [2.45, 2.75) is 20.0 Å². The summed E-state index contributed by atoms with van der Waals surface area (Å²) in [5.41, 5.74) is 7.40. The van der Waals surface area contributed by atoms with Crippen molar-refractivity contribution >= 4 is 11.7 Å². The van der Waals surface area contributed by atoms with Crippen LogP contribution in [0.2, 0.25) is 0 Å². The number of amides is 1. The molecule has 5 heteroatoms. The molecule has 0 aliphatic carbocycles. The standard InChI is InChI=1S/C8H10N4O/c1-5(13)12-2-6-7(3-12)10-4-11-8(6)9/h4H,2-3H2,1H3,(H2,9,10,11). The van der Waals surface area contributed by atoms with E-state index in [2.05, 4.69) is 9.97 Å². The average molecular weight is 178 g/mol. The molecule has 1 aliphatic heterocycles. The molecule has 68 valence electrons. The van der Waals surface area contributed by atoms with Gasteiger partial charge in [-0.05, 0) is 0 Å². The van der Waals surface area contributed by atoms with Crippen molar-refractivity contribution in [3.63, 3.8) is 0 Å².